The molecule has 4 rings (SSSR count). The van der Waals surface area contributed by atoms with Crippen LogP contribution in [0.2, 0.25) is 0 Å². The van der Waals surface area contributed by atoms with Crippen molar-refractivity contribution < 1.29 is 33.9 Å². The second kappa shape index (κ2) is 16.3. The molecule has 1 aromatic rings. The third-order valence-electron chi connectivity index (χ3n) is 10.4. The fourth-order valence-electron chi connectivity index (χ4n) is 7.15. The molecule has 14 heteroatoms. The molecule has 2 fully saturated rings. The van der Waals surface area contributed by atoms with Crippen molar-refractivity contribution in [1.82, 2.24) is 36.1 Å². The van der Waals surface area contributed by atoms with Crippen molar-refractivity contribution in [3.8, 4) is 0 Å². The molecule has 14 nitrogen and oxygen atoms in total. The number of fused-ring (bicyclic) bond motifs is 1. The molecule has 290 valence electrons. The molecule has 3 aliphatic rings. The van der Waals surface area contributed by atoms with Gasteiger partial charge in [0.2, 0.25) is 11.7 Å². The molecule has 6 atom stereocenters. The summed E-state index contributed by atoms with van der Waals surface area (Å²) in [5.41, 5.74) is -0.166. The molecule has 2 aliphatic heterocycles. The fourth-order valence-corrected chi connectivity index (χ4v) is 7.15. The normalized spacial score (nSPS) is 21.5. The lowest BCUT2D eigenvalue weighted by molar-refractivity contribution is -0.142. The van der Waals surface area contributed by atoms with Gasteiger partial charge in [-0.25, -0.2) is 4.79 Å². The van der Waals surface area contributed by atoms with E-state index in [0.29, 0.717) is 12.0 Å². The van der Waals surface area contributed by atoms with Gasteiger partial charge in [0.15, 0.2) is 0 Å². The smallest absolute Gasteiger partial charge is 0.315 e. The first-order valence-electron chi connectivity index (χ1n) is 18.4. The molecule has 0 spiro atoms. The van der Waals surface area contributed by atoms with Crippen molar-refractivity contribution >= 4 is 35.4 Å². The number of rotatable bonds is 15. The number of aromatic nitrogens is 1. The summed E-state index contributed by atoms with van der Waals surface area (Å²) in [6.45, 7) is 23.1. The number of Topliss-reactive ketones (excluding diaryl/α,β-unsaturated/α-hetero) is 1. The molecule has 1 saturated heterocycles. The van der Waals surface area contributed by atoms with Crippen LogP contribution in [-0.4, -0.2) is 105 Å². The number of nitrogens with zero attached hydrogens (tertiary/aromatic N) is 3. The zero-order valence-corrected chi connectivity index (χ0v) is 32.3. The third-order valence-corrected chi connectivity index (χ3v) is 10.4. The van der Waals surface area contributed by atoms with E-state index in [9.17, 15) is 33.9 Å². The van der Waals surface area contributed by atoms with E-state index in [1.54, 1.807) is 4.90 Å². The van der Waals surface area contributed by atoms with E-state index in [-0.39, 0.29) is 42.6 Å². The van der Waals surface area contributed by atoms with Gasteiger partial charge >= 0.3 is 6.03 Å². The number of carbonyl (C=O) groups excluding carboxylic acids is 6. The highest BCUT2D eigenvalue weighted by Gasteiger charge is 2.50. The van der Waals surface area contributed by atoms with Crippen LogP contribution in [0.25, 0.3) is 0 Å². The largest absolute Gasteiger partial charge is 0.376 e. The summed E-state index contributed by atoms with van der Waals surface area (Å²) >= 11 is 0. The average Bonchev–Trinajstić information content (AvgIpc) is 3.78. The van der Waals surface area contributed by atoms with E-state index < -0.39 is 82.6 Å². The molecule has 1 aliphatic carbocycles. The predicted molar refractivity (Wildman–Crippen MR) is 199 cm³/mol. The Hall–Kier alpha value is -4.43. The maximum Gasteiger partial charge on any atom is 0.315 e. The summed E-state index contributed by atoms with van der Waals surface area (Å²) in [4.78, 5) is 86.9. The van der Waals surface area contributed by atoms with Crippen molar-refractivity contribution in [2.45, 2.75) is 105 Å². The lowest BCUT2D eigenvalue weighted by Crippen LogP contribution is -2.64. The number of hydrogen-bond acceptors (Lipinski definition) is 9. The second-order valence-electron chi connectivity index (χ2n) is 17.1. The quantitative estimate of drug-likeness (QED) is 0.103. The summed E-state index contributed by atoms with van der Waals surface area (Å²) in [5, 5.41) is 23.4. The Bertz CT molecular complexity index is 1590. The Balaban J connectivity index is 1.56. The molecule has 6 amide bonds. The Labute approximate surface area is 312 Å². The Kier molecular flexibility index (Phi) is 12.7. The van der Waals surface area contributed by atoms with Gasteiger partial charge in [0.1, 0.15) is 6.23 Å². The highest BCUT2D eigenvalue weighted by molar-refractivity contribution is 6.38. The number of hydrogen-bond donors (Lipinski definition) is 5. The minimum Gasteiger partial charge on any atom is -0.376 e. The summed E-state index contributed by atoms with van der Waals surface area (Å²) in [5.74, 6) is -3.27. The maximum absolute atomic E-state index is 14.3. The molecule has 0 radical (unpaired) electrons. The first-order chi connectivity index (χ1) is 24.7. The van der Waals surface area contributed by atoms with Crippen molar-refractivity contribution in [3.05, 3.63) is 54.4 Å². The molecule has 3 heterocycles. The highest BCUT2D eigenvalue weighted by atomic mass is 16.3. The monoisotopic (exact) mass is 735 g/mol. The first-order valence-corrected chi connectivity index (χ1v) is 18.4. The van der Waals surface area contributed by atoms with Crippen LogP contribution in [0.4, 0.5) is 4.79 Å². The van der Waals surface area contributed by atoms with Crippen LogP contribution in [0.15, 0.2) is 43.3 Å². The number of ketones is 1. The number of nitrogens with one attached hydrogen (secondary N) is 4. The number of urea groups is 1. The molecule has 0 bridgehead atoms. The maximum atomic E-state index is 14.3. The summed E-state index contributed by atoms with van der Waals surface area (Å²) < 4.78 is 0. The highest BCUT2D eigenvalue weighted by Crippen LogP contribution is 2.38. The van der Waals surface area contributed by atoms with Crippen molar-refractivity contribution in [2.24, 2.45) is 28.6 Å². The minimum atomic E-state index is -1.39. The van der Waals surface area contributed by atoms with E-state index in [4.69, 9.17) is 0 Å². The predicted octanol–water partition coefficient (Wildman–Crippen LogP) is 2.79. The number of carbonyl (C=O) groups is 6. The molecule has 0 aromatic carbocycles. The topological polar surface area (TPSA) is 190 Å². The van der Waals surface area contributed by atoms with E-state index in [1.807, 2.05) is 55.4 Å². The van der Waals surface area contributed by atoms with E-state index in [0.717, 1.165) is 17.7 Å². The van der Waals surface area contributed by atoms with Crippen LogP contribution in [-0.2, 0) is 14.4 Å². The van der Waals surface area contributed by atoms with Crippen LogP contribution in [0, 0.1) is 28.6 Å². The van der Waals surface area contributed by atoms with Crippen LogP contribution in [0.5, 0.6) is 0 Å². The van der Waals surface area contributed by atoms with Crippen molar-refractivity contribution in [3.63, 3.8) is 0 Å². The Morgan fingerprint density at radius 2 is 1.64 bits per heavy atom. The molecule has 5 N–H and O–H groups in total. The molecular formula is C39H57N7O7. The zero-order chi connectivity index (χ0) is 39.6. The molecule has 1 aromatic heterocycles. The van der Waals surface area contributed by atoms with Gasteiger partial charge < -0.3 is 26.4 Å². The van der Waals surface area contributed by atoms with Gasteiger partial charge in [0.25, 0.3) is 17.7 Å². The van der Waals surface area contributed by atoms with E-state index >= 15 is 0 Å². The number of aliphatic hydroxyl groups is 1. The summed E-state index contributed by atoms with van der Waals surface area (Å²) in [6, 6.07) is -2.76. The van der Waals surface area contributed by atoms with Crippen LogP contribution in [0.1, 0.15) is 95.4 Å². The standard InChI is InChI=1S/C39H57N7O7/c1-11-15-41-33(49)30(47)26(17-23-12-13-23)42-32(48)29-28(21(2)3)22(4)19-45(29)36(52)31(39(8,9)10)44-37(53)43-27(38(5,6)7)20-46-34(50)24-14-16-40-18-25(24)35(46)51/h11,14,16,18,21,23,26-29,31,36,52H,1,4,12-13,15,17,19-20H2,2-3,5-10H3,(H,41,49)(H,42,48)(H2,43,44,53)/t26?,27-,28+,29+,31-,36?/m1/s1. The van der Waals surface area contributed by atoms with Crippen LogP contribution in [0.3, 0.4) is 0 Å². The Morgan fingerprint density at radius 3 is 2.19 bits per heavy atom. The van der Waals surface area contributed by atoms with Crippen LogP contribution < -0.4 is 21.3 Å². The van der Waals surface area contributed by atoms with Gasteiger partial charge in [0.05, 0.1) is 41.8 Å². The van der Waals surface area contributed by atoms with Crippen LogP contribution >= 0.6 is 0 Å². The zero-order valence-electron chi connectivity index (χ0n) is 32.3. The fraction of sp³-hybridized carbons (Fsp3) is 0.615. The summed E-state index contributed by atoms with van der Waals surface area (Å²) in [6.07, 6.45) is 5.01. The Morgan fingerprint density at radius 1 is 1.00 bits per heavy atom. The average molecular weight is 736 g/mol. The molecule has 1 saturated carbocycles. The lowest BCUT2D eigenvalue weighted by atomic mass is 9.83. The second-order valence-corrected chi connectivity index (χ2v) is 17.1. The SMILES string of the molecule is C=CCNC(=O)C(=O)C(CC1CC1)NC(=O)[C@@H]1[C@@H](C(C)C)C(=C)CN1C(O)[C@@H](NC(=O)N[C@H](CN1C(=O)c2ccncc2C1=O)C(C)(C)C)C(C)(C)C. The molecule has 2 unspecified atom stereocenters. The third kappa shape index (κ3) is 9.58. The van der Waals surface area contributed by atoms with E-state index in [1.165, 1.54) is 24.5 Å². The first kappa shape index (κ1) is 41.3. The number of likely N-dealkylation sites (tertiary alicyclic amines) is 1. The minimum absolute atomic E-state index is 0.0706. The molecular weight excluding hydrogens is 678 g/mol. The van der Waals surface area contributed by atoms with Gasteiger partial charge in [-0.15, -0.1) is 6.58 Å². The van der Waals surface area contributed by atoms with Crippen molar-refractivity contribution in [1.29, 1.82) is 0 Å². The number of amides is 6. The van der Waals surface area contributed by atoms with E-state index in [2.05, 4.69) is 39.4 Å². The van der Waals surface area contributed by atoms with Gasteiger partial charge in [-0.1, -0.05) is 86.5 Å². The molecule has 53 heavy (non-hydrogen) atoms. The van der Waals surface area contributed by atoms with Gasteiger partial charge in [-0.05, 0) is 35.2 Å². The number of aliphatic hydroxyl groups excluding tert-OH is 1. The number of pyridine rings is 1. The van der Waals surface area contributed by atoms with Gasteiger partial charge in [0, 0.05) is 31.4 Å². The number of imide groups is 1. The van der Waals surface area contributed by atoms with Gasteiger partial charge in [-0.3, -0.25) is 38.8 Å². The van der Waals surface area contributed by atoms with Gasteiger partial charge in [-0.2, -0.15) is 0 Å². The summed E-state index contributed by atoms with van der Waals surface area (Å²) in [7, 11) is 0. The van der Waals surface area contributed by atoms with Crippen molar-refractivity contribution in [2.75, 3.05) is 19.6 Å². The lowest BCUT2D eigenvalue weighted by Gasteiger charge is -2.42.